The van der Waals surface area contributed by atoms with Gasteiger partial charge in [0.25, 0.3) is 0 Å². The summed E-state index contributed by atoms with van der Waals surface area (Å²) in [5.41, 5.74) is 0. The van der Waals surface area contributed by atoms with Gasteiger partial charge in [-0.1, -0.05) is 37.1 Å². The van der Waals surface area contributed by atoms with Gasteiger partial charge in [-0.3, -0.25) is 20.6 Å². The van der Waals surface area contributed by atoms with E-state index in [1.165, 1.54) is 6.82 Å². The van der Waals surface area contributed by atoms with Crippen LogP contribution in [0.1, 0.15) is 37.1 Å². The maximum absolute atomic E-state index is 7.89. The second-order valence-electron chi connectivity index (χ2n) is 0.820. The first kappa shape index (κ1) is 68.7. The second-order valence-corrected chi connectivity index (χ2v) is 0.820. The molecule has 0 unspecified atom stereocenters. The standard InChI is InChI=1S/CH5BO3.5CH4.BH2O2.Na.H2O2/c1-2(3)5-4;;;;;;2-1-3;;1-2/h3-4H,1H3;5*1H4;2-3H;;1-2H/q;;;;;;-1;+1;. The van der Waals surface area contributed by atoms with Crippen molar-refractivity contribution in [3.05, 3.63) is 0 Å². The van der Waals surface area contributed by atoms with E-state index < -0.39 is 7.12 Å². The van der Waals surface area contributed by atoms with Crippen LogP contribution in [0.25, 0.3) is 0 Å². The molecule has 0 saturated heterocycles. The molecule has 0 aromatic carbocycles. The Morgan fingerprint density at radius 3 is 1.00 bits per heavy atom. The molecule has 0 rings (SSSR count). The fourth-order valence-electron chi connectivity index (χ4n) is 0. The molecule has 16 heavy (non-hydrogen) atoms. The van der Waals surface area contributed by atoms with Crippen molar-refractivity contribution >= 4 is 14.8 Å². The van der Waals surface area contributed by atoms with E-state index in [4.69, 9.17) is 30.8 Å². The third-order valence-electron chi connectivity index (χ3n) is 0.153. The average molecular weight is 258 g/mol. The van der Waals surface area contributed by atoms with E-state index >= 15 is 0 Å². The zero-order chi connectivity index (χ0) is 8.99. The van der Waals surface area contributed by atoms with Crippen LogP contribution in [0.3, 0.4) is 0 Å². The van der Waals surface area contributed by atoms with Gasteiger partial charge in [0, 0.05) is 0 Å². The third kappa shape index (κ3) is 351. The van der Waals surface area contributed by atoms with E-state index in [0.29, 0.717) is 0 Å². The molecule has 10 heteroatoms. The summed E-state index contributed by atoms with van der Waals surface area (Å²) in [6.07, 6.45) is 0. The average Bonchev–Trinajstić information content (AvgIpc) is 1.94. The van der Waals surface area contributed by atoms with Crippen LogP contribution in [0.4, 0.5) is 0 Å². The maximum atomic E-state index is 7.89. The molecule has 0 spiro atoms. The van der Waals surface area contributed by atoms with Gasteiger partial charge in [0.15, 0.2) is 0 Å². The summed E-state index contributed by atoms with van der Waals surface area (Å²) in [4.78, 5) is 3.31. The van der Waals surface area contributed by atoms with Gasteiger partial charge >= 0.3 is 36.7 Å². The molecule has 0 heterocycles. The molecule has 0 atom stereocenters. The van der Waals surface area contributed by atoms with Crippen LogP contribution in [0.5, 0.6) is 0 Å². The van der Waals surface area contributed by atoms with Gasteiger partial charge < -0.3 is 15.1 Å². The fraction of sp³-hybridized carbons (Fsp3) is 1.00. The van der Waals surface area contributed by atoms with Crippen molar-refractivity contribution in [2.75, 3.05) is 0 Å². The first-order valence-electron chi connectivity index (χ1n) is 1.97. The van der Waals surface area contributed by atoms with Gasteiger partial charge in [0.1, 0.15) is 0 Å². The smallest absolute Gasteiger partial charge is 0.639 e. The van der Waals surface area contributed by atoms with Crippen LogP contribution < -0.4 is 29.6 Å². The van der Waals surface area contributed by atoms with E-state index in [0.717, 1.165) is 0 Å². The fourth-order valence-corrected chi connectivity index (χ4v) is 0. The molecule has 7 nitrogen and oxygen atoms in total. The van der Waals surface area contributed by atoms with Gasteiger partial charge in [-0.25, -0.2) is 0 Å². The van der Waals surface area contributed by atoms with E-state index in [1.54, 1.807) is 0 Å². The van der Waals surface area contributed by atoms with Crippen LogP contribution in [-0.2, 0) is 4.81 Å². The summed E-state index contributed by atoms with van der Waals surface area (Å²) in [6, 6.07) is 0. The van der Waals surface area contributed by atoms with Crippen LogP contribution >= 0.6 is 0 Å². The zero-order valence-electron chi connectivity index (χ0n) is 6.25. The minimum absolute atomic E-state index is 0. The predicted molar refractivity (Wildman–Crippen MR) is 66.7 cm³/mol. The summed E-state index contributed by atoms with van der Waals surface area (Å²) in [5.74, 6) is 0. The first-order chi connectivity index (χ1) is 4.68. The van der Waals surface area contributed by atoms with Crippen LogP contribution in [0.2, 0.25) is 6.82 Å². The van der Waals surface area contributed by atoms with Gasteiger partial charge in [-0.15, -0.1) is 0 Å². The van der Waals surface area contributed by atoms with Crippen molar-refractivity contribution in [3.63, 3.8) is 0 Å². The molecule has 102 valence electrons. The first-order valence-corrected chi connectivity index (χ1v) is 1.97. The number of hydrogen-bond donors (Lipinski definition) is 6. The van der Waals surface area contributed by atoms with Gasteiger partial charge in [0.05, 0.1) is 0 Å². The Morgan fingerprint density at radius 2 is 1.00 bits per heavy atom. The third-order valence-corrected chi connectivity index (χ3v) is 0.153. The molecule has 6 N–H and O–H groups in total. The Kier molecular flexibility index (Phi) is 439. The SMILES string of the molecule is C.C.C.C.C.CB(O)OO.OO.O[B-]O.[Na+]. The summed E-state index contributed by atoms with van der Waals surface area (Å²) >= 11 is 0. The zero-order valence-corrected chi connectivity index (χ0v) is 8.25. The van der Waals surface area contributed by atoms with E-state index in [9.17, 15) is 0 Å². The van der Waals surface area contributed by atoms with Crippen molar-refractivity contribution < 1.29 is 65.2 Å². The van der Waals surface area contributed by atoms with Gasteiger partial charge in [-0.05, 0) is 14.5 Å². The molecule has 0 aliphatic rings. The topological polar surface area (TPSA) is 131 Å². The summed E-state index contributed by atoms with van der Waals surface area (Å²) in [5, 5.41) is 41.3. The summed E-state index contributed by atoms with van der Waals surface area (Å²) < 4.78 is 0. The minimum Gasteiger partial charge on any atom is -0.639 e. The Bertz CT molecular complexity index is 48.1. The van der Waals surface area contributed by atoms with Crippen LogP contribution in [0.15, 0.2) is 0 Å². The second kappa shape index (κ2) is 102. The van der Waals surface area contributed by atoms with E-state index in [-0.39, 0.29) is 74.4 Å². The molecule has 0 aromatic rings. The minimum atomic E-state index is -1.06. The molecule has 0 bridgehead atoms. The molecule has 0 aromatic heterocycles. The monoisotopic (exact) mass is 258 g/mol. The number of rotatable bonds is 1. The van der Waals surface area contributed by atoms with Crippen molar-refractivity contribution in [2.45, 2.75) is 44.0 Å². The molecule has 0 fully saturated rings. The van der Waals surface area contributed by atoms with E-state index in [2.05, 4.69) is 4.81 Å². The maximum Gasteiger partial charge on any atom is 1.00 e. The Morgan fingerprint density at radius 1 is 0.938 bits per heavy atom. The van der Waals surface area contributed by atoms with Crippen LogP contribution in [-0.4, -0.2) is 45.6 Å². The molecule has 0 aliphatic carbocycles. The van der Waals surface area contributed by atoms with Crippen molar-refractivity contribution in [1.29, 1.82) is 0 Å². The van der Waals surface area contributed by atoms with Crippen molar-refractivity contribution in [1.82, 2.24) is 0 Å². The largest absolute Gasteiger partial charge is 1.00 e. The van der Waals surface area contributed by atoms with Crippen molar-refractivity contribution in [2.24, 2.45) is 0 Å². The quantitative estimate of drug-likeness (QED) is 0.187. The number of hydrogen-bond acceptors (Lipinski definition) is 7. The summed E-state index contributed by atoms with van der Waals surface area (Å²) in [6.45, 7) is 1.31. The van der Waals surface area contributed by atoms with Crippen molar-refractivity contribution in [3.8, 4) is 0 Å². The molecular weight excluding hydrogens is 229 g/mol. The molecule has 0 aliphatic heterocycles. The van der Waals surface area contributed by atoms with Gasteiger partial charge in [-0.2, -0.15) is 0 Å². The van der Waals surface area contributed by atoms with Crippen LogP contribution in [0, 0.1) is 0 Å². The Balaban J connectivity index is -0.00000000589. The molecule has 2 radical (unpaired) electrons. The Labute approximate surface area is 124 Å². The summed E-state index contributed by atoms with van der Waals surface area (Å²) in [7, 11) is -1.06. The predicted octanol–water partition coefficient (Wildman–Crippen LogP) is -1.71. The molecular formula is C6H29B2NaO7. The molecule has 0 saturated carbocycles. The van der Waals surface area contributed by atoms with Gasteiger partial charge in [0.2, 0.25) is 0 Å². The van der Waals surface area contributed by atoms with E-state index in [1.807, 2.05) is 0 Å². The Hall–Kier alpha value is 0.850. The molecule has 0 amide bonds. The normalized spacial score (nSPS) is 3.94.